The van der Waals surface area contributed by atoms with Gasteiger partial charge in [-0.15, -0.1) is 30.4 Å². The normalized spacial score (nSPS) is 15.3. The van der Waals surface area contributed by atoms with E-state index in [1.54, 1.807) is 14.2 Å². The van der Waals surface area contributed by atoms with Crippen LogP contribution < -0.4 is 20.1 Å². The molecule has 182 valence electrons. The summed E-state index contributed by atoms with van der Waals surface area (Å²) in [6, 6.07) is 16.0. The highest BCUT2D eigenvalue weighted by Gasteiger charge is 2.29. The Hall–Kier alpha value is -2.93. The number of aliphatic imine (C=N–C) groups is 1. The molecule has 0 aliphatic carbocycles. The number of halogens is 1. The van der Waals surface area contributed by atoms with Crippen molar-refractivity contribution in [3.05, 3.63) is 59.7 Å². The number of hydrogen-bond donors (Lipinski definition) is 2. The third-order valence-corrected chi connectivity index (χ3v) is 5.59. The summed E-state index contributed by atoms with van der Waals surface area (Å²) in [6.45, 7) is 2.95. The van der Waals surface area contributed by atoms with Gasteiger partial charge in [0.15, 0.2) is 17.5 Å². The lowest BCUT2D eigenvalue weighted by Crippen LogP contribution is -2.40. The molecule has 0 bridgehead atoms. The first-order valence-electron chi connectivity index (χ1n) is 11.1. The molecule has 1 aliphatic heterocycles. The van der Waals surface area contributed by atoms with E-state index in [4.69, 9.17) is 15.9 Å². The second-order valence-electron chi connectivity index (χ2n) is 7.93. The van der Waals surface area contributed by atoms with E-state index in [0.717, 1.165) is 25.1 Å². The van der Waals surface area contributed by atoms with Gasteiger partial charge in [-0.3, -0.25) is 9.79 Å². The average Bonchev–Trinajstić information content (AvgIpc) is 3.21. The second-order valence-corrected chi connectivity index (χ2v) is 7.93. The molecule has 1 heterocycles. The van der Waals surface area contributed by atoms with Crippen molar-refractivity contribution in [2.75, 3.05) is 40.4 Å². The van der Waals surface area contributed by atoms with E-state index in [-0.39, 0.29) is 42.4 Å². The molecule has 8 heteroatoms. The van der Waals surface area contributed by atoms with Crippen LogP contribution in [0, 0.1) is 18.3 Å². The molecule has 34 heavy (non-hydrogen) atoms. The number of carbonyl (C=O) groups is 1. The summed E-state index contributed by atoms with van der Waals surface area (Å²) in [5.41, 5.74) is 2.26. The van der Waals surface area contributed by atoms with E-state index < -0.39 is 0 Å². The van der Waals surface area contributed by atoms with Crippen LogP contribution in [-0.4, -0.2) is 57.2 Å². The number of nitrogens with one attached hydrogen (secondary N) is 2. The Kier molecular flexibility index (Phi) is 11.5. The van der Waals surface area contributed by atoms with Crippen molar-refractivity contribution < 1.29 is 14.3 Å². The largest absolute Gasteiger partial charge is 0.493 e. The number of benzene rings is 2. The lowest BCUT2D eigenvalue weighted by atomic mass is 10.1. The number of guanidine groups is 1. The van der Waals surface area contributed by atoms with Gasteiger partial charge in [0.2, 0.25) is 5.91 Å². The highest BCUT2D eigenvalue weighted by Crippen LogP contribution is 2.28. The first kappa shape index (κ1) is 27.3. The van der Waals surface area contributed by atoms with Crippen LogP contribution in [0.1, 0.15) is 17.5 Å². The minimum absolute atomic E-state index is 0. The Morgan fingerprint density at radius 1 is 1.18 bits per heavy atom. The molecule has 1 unspecified atom stereocenters. The first-order chi connectivity index (χ1) is 16.1. The maximum absolute atomic E-state index is 12.4. The molecule has 2 N–H and O–H groups in total. The molecule has 3 rings (SSSR count). The number of carbonyl (C=O) groups excluding carboxylic acids is 1. The van der Waals surface area contributed by atoms with Gasteiger partial charge < -0.3 is 25.0 Å². The molecule has 1 fully saturated rings. The summed E-state index contributed by atoms with van der Waals surface area (Å²) in [4.78, 5) is 18.7. The smallest absolute Gasteiger partial charge is 0.223 e. The molecular formula is C26H33IN4O3. The van der Waals surface area contributed by atoms with Gasteiger partial charge in [-0.2, -0.15) is 0 Å². The monoisotopic (exact) mass is 576 g/mol. The van der Waals surface area contributed by atoms with E-state index in [9.17, 15) is 4.79 Å². The summed E-state index contributed by atoms with van der Waals surface area (Å²) < 4.78 is 10.9. The van der Waals surface area contributed by atoms with Gasteiger partial charge >= 0.3 is 0 Å². The fraction of sp³-hybridized carbons (Fsp3) is 0.385. The molecule has 0 radical (unpaired) electrons. The molecule has 1 atom stereocenters. The minimum atomic E-state index is 0. The molecule has 7 nitrogen and oxygen atoms in total. The fourth-order valence-corrected chi connectivity index (χ4v) is 3.83. The summed E-state index contributed by atoms with van der Waals surface area (Å²) >= 11 is 0. The van der Waals surface area contributed by atoms with Crippen molar-refractivity contribution in [2.24, 2.45) is 10.9 Å². The number of terminal acetylenes is 1. The number of ether oxygens (including phenoxy) is 2. The van der Waals surface area contributed by atoms with E-state index in [1.807, 2.05) is 41.3 Å². The summed E-state index contributed by atoms with van der Waals surface area (Å²) in [5, 5.41) is 6.65. The zero-order chi connectivity index (χ0) is 23.5. The maximum Gasteiger partial charge on any atom is 0.223 e. The number of methoxy groups -OCH3 is 1. The SMILES string of the molecule is C#CCOc1cc(CNC(=NC)NCC2CC(=O)N(CCc3ccccc3)C2)ccc1OC.I. The van der Waals surface area contributed by atoms with Crippen LogP contribution in [0.3, 0.4) is 0 Å². The predicted molar refractivity (Wildman–Crippen MR) is 146 cm³/mol. The molecule has 2 aromatic carbocycles. The Morgan fingerprint density at radius 2 is 1.97 bits per heavy atom. The number of rotatable bonds is 10. The van der Waals surface area contributed by atoms with Gasteiger partial charge in [0, 0.05) is 45.6 Å². The van der Waals surface area contributed by atoms with Crippen molar-refractivity contribution in [3.8, 4) is 23.8 Å². The van der Waals surface area contributed by atoms with Gasteiger partial charge in [-0.1, -0.05) is 42.3 Å². The molecular weight excluding hydrogens is 543 g/mol. The number of hydrogen-bond acceptors (Lipinski definition) is 4. The van der Waals surface area contributed by atoms with E-state index in [0.29, 0.717) is 37.0 Å². The Bertz CT molecular complexity index is 991. The maximum atomic E-state index is 12.4. The first-order valence-corrected chi connectivity index (χ1v) is 11.1. The average molecular weight is 576 g/mol. The van der Waals surface area contributed by atoms with Crippen LogP contribution >= 0.6 is 24.0 Å². The summed E-state index contributed by atoms with van der Waals surface area (Å²) in [7, 11) is 3.33. The van der Waals surface area contributed by atoms with Gasteiger partial charge in [-0.05, 0) is 29.7 Å². The third kappa shape index (κ3) is 8.13. The fourth-order valence-electron chi connectivity index (χ4n) is 3.83. The van der Waals surface area contributed by atoms with Crippen molar-refractivity contribution >= 4 is 35.8 Å². The van der Waals surface area contributed by atoms with Crippen molar-refractivity contribution in [1.82, 2.24) is 15.5 Å². The lowest BCUT2D eigenvalue weighted by molar-refractivity contribution is -0.127. The highest BCUT2D eigenvalue weighted by molar-refractivity contribution is 14.0. The summed E-state index contributed by atoms with van der Waals surface area (Å²) in [6.07, 6.45) is 6.73. The predicted octanol–water partition coefficient (Wildman–Crippen LogP) is 3.08. The van der Waals surface area contributed by atoms with Crippen LogP contribution in [0.4, 0.5) is 0 Å². The van der Waals surface area contributed by atoms with Crippen LogP contribution in [0.2, 0.25) is 0 Å². The Labute approximate surface area is 219 Å². The van der Waals surface area contributed by atoms with Crippen molar-refractivity contribution in [2.45, 2.75) is 19.4 Å². The molecule has 0 spiro atoms. The molecule has 1 aliphatic rings. The van der Waals surface area contributed by atoms with Gasteiger partial charge in [0.1, 0.15) is 6.61 Å². The van der Waals surface area contributed by atoms with Crippen LogP contribution in [0.25, 0.3) is 0 Å². The highest BCUT2D eigenvalue weighted by atomic mass is 127. The van der Waals surface area contributed by atoms with Crippen LogP contribution in [0.15, 0.2) is 53.5 Å². The zero-order valence-corrected chi connectivity index (χ0v) is 22.1. The third-order valence-electron chi connectivity index (χ3n) is 5.59. The van der Waals surface area contributed by atoms with E-state index in [2.05, 4.69) is 33.7 Å². The second kappa shape index (κ2) is 14.4. The van der Waals surface area contributed by atoms with E-state index >= 15 is 0 Å². The molecule has 0 aromatic heterocycles. The Morgan fingerprint density at radius 3 is 2.68 bits per heavy atom. The minimum Gasteiger partial charge on any atom is -0.493 e. The zero-order valence-electron chi connectivity index (χ0n) is 19.8. The van der Waals surface area contributed by atoms with Crippen molar-refractivity contribution in [3.63, 3.8) is 0 Å². The van der Waals surface area contributed by atoms with Gasteiger partial charge in [-0.25, -0.2) is 0 Å². The standard InChI is InChI=1S/C26H32N4O3.HI/c1-4-14-33-24-15-21(10-11-23(24)32-3)17-28-26(27-2)29-18-22-16-25(31)30(19-22)13-12-20-8-6-5-7-9-20;/h1,5-11,15,22H,12-14,16-19H2,2-3H3,(H2,27,28,29);1H. The quantitative estimate of drug-likeness (QED) is 0.197. The van der Waals surface area contributed by atoms with Gasteiger partial charge in [0.05, 0.1) is 7.11 Å². The molecule has 2 aromatic rings. The number of amides is 1. The Balaban J connectivity index is 0.00000408. The van der Waals surface area contributed by atoms with Crippen LogP contribution in [0.5, 0.6) is 11.5 Å². The topological polar surface area (TPSA) is 75.2 Å². The molecule has 1 saturated heterocycles. The van der Waals surface area contributed by atoms with Crippen LogP contribution in [-0.2, 0) is 17.8 Å². The molecule has 1 amide bonds. The number of likely N-dealkylation sites (tertiary alicyclic amines) is 1. The number of nitrogens with zero attached hydrogens (tertiary/aromatic N) is 2. The molecule has 0 saturated carbocycles. The summed E-state index contributed by atoms with van der Waals surface area (Å²) in [5.74, 6) is 4.88. The van der Waals surface area contributed by atoms with E-state index in [1.165, 1.54) is 5.56 Å². The van der Waals surface area contributed by atoms with Gasteiger partial charge in [0.25, 0.3) is 0 Å². The lowest BCUT2D eigenvalue weighted by Gasteiger charge is -2.18. The van der Waals surface area contributed by atoms with Crippen molar-refractivity contribution in [1.29, 1.82) is 0 Å².